The fourth-order valence-corrected chi connectivity index (χ4v) is 2.55. The zero-order chi connectivity index (χ0) is 11.5. The molecule has 0 spiro atoms. The Balaban J connectivity index is 2.22. The number of benzene rings is 1. The SMILES string of the molecule is NNC(c1ccc(I)c(Cl)c1)C1CCOC1. The van der Waals surface area contributed by atoms with Crippen molar-refractivity contribution in [1.29, 1.82) is 0 Å². The van der Waals surface area contributed by atoms with Gasteiger partial charge in [-0.1, -0.05) is 17.7 Å². The maximum Gasteiger partial charge on any atom is 0.0542 e. The molecule has 1 aromatic rings. The second-order valence-corrected chi connectivity index (χ2v) is 5.51. The number of hydrogen-bond acceptors (Lipinski definition) is 3. The smallest absolute Gasteiger partial charge is 0.0542 e. The summed E-state index contributed by atoms with van der Waals surface area (Å²) in [7, 11) is 0. The van der Waals surface area contributed by atoms with Crippen molar-refractivity contribution in [1.82, 2.24) is 5.43 Å². The largest absolute Gasteiger partial charge is 0.381 e. The topological polar surface area (TPSA) is 47.3 Å². The third-order valence-electron chi connectivity index (χ3n) is 2.92. The maximum atomic E-state index is 6.11. The molecule has 3 N–H and O–H groups in total. The van der Waals surface area contributed by atoms with Crippen molar-refractivity contribution >= 4 is 34.2 Å². The van der Waals surface area contributed by atoms with Crippen LogP contribution < -0.4 is 11.3 Å². The van der Waals surface area contributed by atoms with Gasteiger partial charge in [0.25, 0.3) is 0 Å². The molecule has 1 heterocycles. The summed E-state index contributed by atoms with van der Waals surface area (Å²) in [6.45, 7) is 1.58. The molecule has 2 rings (SSSR count). The van der Waals surface area contributed by atoms with Gasteiger partial charge in [0, 0.05) is 16.1 Å². The lowest BCUT2D eigenvalue weighted by Crippen LogP contribution is -2.33. The molecule has 3 nitrogen and oxygen atoms in total. The van der Waals surface area contributed by atoms with Crippen LogP contribution in [0.3, 0.4) is 0 Å². The Morgan fingerprint density at radius 3 is 2.94 bits per heavy atom. The molecule has 0 amide bonds. The fraction of sp³-hybridized carbons (Fsp3) is 0.455. The summed E-state index contributed by atoms with van der Waals surface area (Å²) >= 11 is 8.33. The number of nitrogens with one attached hydrogen (secondary N) is 1. The molecule has 1 aliphatic rings. The summed E-state index contributed by atoms with van der Waals surface area (Å²) in [6, 6.07) is 6.18. The number of rotatable bonds is 3. The Kier molecular flexibility index (Phi) is 4.43. The van der Waals surface area contributed by atoms with Gasteiger partial charge in [-0.25, -0.2) is 0 Å². The van der Waals surface area contributed by atoms with Crippen LogP contribution in [0.5, 0.6) is 0 Å². The summed E-state index contributed by atoms with van der Waals surface area (Å²) < 4.78 is 6.44. The Bertz CT molecular complexity index is 369. The summed E-state index contributed by atoms with van der Waals surface area (Å²) in [5, 5.41) is 0.775. The zero-order valence-corrected chi connectivity index (χ0v) is 11.7. The summed E-state index contributed by atoms with van der Waals surface area (Å²) in [6.07, 6.45) is 1.04. The Labute approximate surface area is 114 Å². The molecule has 1 aromatic carbocycles. The van der Waals surface area contributed by atoms with E-state index in [1.54, 1.807) is 0 Å². The molecule has 0 saturated carbocycles. The fourth-order valence-electron chi connectivity index (χ4n) is 2.03. The Morgan fingerprint density at radius 1 is 1.56 bits per heavy atom. The molecule has 88 valence electrons. The van der Waals surface area contributed by atoms with Crippen molar-refractivity contribution in [2.24, 2.45) is 11.8 Å². The van der Waals surface area contributed by atoms with Crippen molar-refractivity contribution < 1.29 is 4.74 Å². The van der Waals surface area contributed by atoms with Gasteiger partial charge in [-0.2, -0.15) is 0 Å². The first-order valence-electron chi connectivity index (χ1n) is 5.21. The van der Waals surface area contributed by atoms with Crippen LogP contribution in [0, 0.1) is 9.49 Å². The highest BCUT2D eigenvalue weighted by Gasteiger charge is 2.26. The van der Waals surface area contributed by atoms with Crippen molar-refractivity contribution in [3.05, 3.63) is 32.4 Å². The molecule has 1 fully saturated rings. The number of halogens is 2. The van der Waals surface area contributed by atoms with E-state index in [9.17, 15) is 0 Å². The Morgan fingerprint density at radius 2 is 2.38 bits per heavy atom. The van der Waals surface area contributed by atoms with Crippen molar-refractivity contribution in [3.63, 3.8) is 0 Å². The van der Waals surface area contributed by atoms with Gasteiger partial charge in [-0.05, 0) is 46.7 Å². The predicted molar refractivity (Wildman–Crippen MR) is 73.2 cm³/mol. The van der Waals surface area contributed by atoms with E-state index in [0.717, 1.165) is 33.8 Å². The average Bonchev–Trinajstić information content (AvgIpc) is 2.78. The third kappa shape index (κ3) is 2.68. The van der Waals surface area contributed by atoms with Crippen LogP contribution in [-0.2, 0) is 4.74 Å². The van der Waals surface area contributed by atoms with Crippen molar-refractivity contribution in [2.45, 2.75) is 12.5 Å². The molecule has 0 bridgehead atoms. The predicted octanol–water partition coefficient (Wildman–Crippen LogP) is 2.49. The van der Waals surface area contributed by atoms with Gasteiger partial charge in [0.1, 0.15) is 0 Å². The second-order valence-electron chi connectivity index (χ2n) is 3.94. The minimum Gasteiger partial charge on any atom is -0.381 e. The van der Waals surface area contributed by atoms with Gasteiger partial charge in [-0.15, -0.1) is 0 Å². The van der Waals surface area contributed by atoms with Crippen LogP contribution >= 0.6 is 34.2 Å². The van der Waals surface area contributed by atoms with Crippen LogP contribution in [-0.4, -0.2) is 13.2 Å². The van der Waals surface area contributed by atoms with Crippen LogP contribution in [0.1, 0.15) is 18.0 Å². The van der Waals surface area contributed by atoms with Gasteiger partial charge in [0.05, 0.1) is 17.7 Å². The number of hydrazine groups is 1. The van der Waals surface area contributed by atoms with E-state index < -0.39 is 0 Å². The summed E-state index contributed by atoms with van der Waals surface area (Å²) in [5.41, 5.74) is 3.99. The molecule has 2 atom stereocenters. The van der Waals surface area contributed by atoms with Crippen LogP contribution in [0.15, 0.2) is 18.2 Å². The van der Waals surface area contributed by atoms with Gasteiger partial charge >= 0.3 is 0 Å². The van der Waals surface area contributed by atoms with E-state index in [1.165, 1.54) is 0 Å². The number of ether oxygens (including phenoxy) is 1. The lowest BCUT2D eigenvalue weighted by molar-refractivity contribution is 0.177. The first-order chi connectivity index (χ1) is 7.72. The summed E-state index contributed by atoms with van der Waals surface area (Å²) in [4.78, 5) is 0. The molecular formula is C11H14ClIN2O. The summed E-state index contributed by atoms with van der Waals surface area (Å²) in [5.74, 6) is 6.05. The molecule has 1 aliphatic heterocycles. The highest BCUT2D eigenvalue weighted by Crippen LogP contribution is 2.30. The molecule has 2 unspecified atom stereocenters. The van der Waals surface area contributed by atoms with E-state index in [4.69, 9.17) is 22.2 Å². The molecule has 0 aromatic heterocycles. The van der Waals surface area contributed by atoms with Crippen molar-refractivity contribution in [3.8, 4) is 0 Å². The molecule has 0 radical (unpaired) electrons. The van der Waals surface area contributed by atoms with Gasteiger partial charge in [0.2, 0.25) is 0 Å². The minimum absolute atomic E-state index is 0.122. The highest BCUT2D eigenvalue weighted by atomic mass is 127. The van der Waals surface area contributed by atoms with E-state index in [0.29, 0.717) is 5.92 Å². The molecule has 0 aliphatic carbocycles. The molecular weight excluding hydrogens is 338 g/mol. The van der Waals surface area contributed by atoms with E-state index >= 15 is 0 Å². The van der Waals surface area contributed by atoms with E-state index in [-0.39, 0.29) is 6.04 Å². The van der Waals surface area contributed by atoms with Gasteiger partial charge in [0.15, 0.2) is 0 Å². The lowest BCUT2D eigenvalue weighted by Gasteiger charge is -2.22. The minimum atomic E-state index is 0.122. The van der Waals surface area contributed by atoms with Crippen molar-refractivity contribution in [2.75, 3.05) is 13.2 Å². The van der Waals surface area contributed by atoms with Gasteiger partial charge < -0.3 is 4.74 Å². The van der Waals surface area contributed by atoms with Crippen LogP contribution in [0.4, 0.5) is 0 Å². The van der Waals surface area contributed by atoms with E-state index in [1.807, 2.05) is 12.1 Å². The third-order valence-corrected chi connectivity index (χ3v) is 4.49. The van der Waals surface area contributed by atoms with Gasteiger partial charge in [-0.3, -0.25) is 11.3 Å². The number of nitrogens with two attached hydrogens (primary N) is 1. The lowest BCUT2D eigenvalue weighted by atomic mass is 9.93. The second kappa shape index (κ2) is 5.64. The molecule has 16 heavy (non-hydrogen) atoms. The molecule has 1 saturated heterocycles. The molecule has 5 heteroatoms. The first-order valence-corrected chi connectivity index (χ1v) is 6.67. The monoisotopic (exact) mass is 352 g/mol. The van der Waals surface area contributed by atoms with E-state index in [2.05, 4.69) is 34.1 Å². The van der Waals surface area contributed by atoms with Crippen LogP contribution in [0.2, 0.25) is 5.02 Å². The maximum absolute atomic E-state index is 6.11. The first kappa shape index (κ1) is 12.6. The standard InChI is InChI=1S/C11H14ClIN2O/c12-9-5-7(1-2-10(9)13)11(15-14)8-3-4-16-6-8/h1-2,5,8,11,15H,3-4,6,14H2. The Hall–Kier alpha value is 0.120. The normalized spacial score (nSPS) is 22.3. The average molecular weight is 353 g/mol. The zero-order valence-electron chi connectivity index (χ0n) is 8.75. The quantitative estimate of drug-likeness (QED) is 0.499. The highest BCUT2D eigenvalue weighted by molar-refractivity contribution is 14.1. The van der Waals surface area contributed by atoms with Crippen LogP contribution in [0.25, 0.3) is 0 Å². The number of hydrogen-bond donors (Lipinski definition) is 2.